The second-order valence-corrected chi connectivity index (χ2v) is 5.51. The highest BCUT2D eigenvalue weighted by Gasteiger charge is 2.23. The molecule has 0 bridgehead atoms. The first-order chi connectivity index (χ1) is 9.67. The molecular formula is C15H22N4O. The third-order valence-corrected chi connectivity index (χ3v) is 4.11. The van der Waals surface area contributed by atoms with Crippen LogP contribution in [0.2, 0.25) is 0 Å². The normalized spacial score (nSPS) is 21.6. The lowest BCUT2D eigenvalue weighted by Crippen LogP contribution is -2.51. The van der Waals surface area contributed by atoms with E-state index in [9.17, 15) is 0 Å². The largest absolute Gasteiger partial charge is 0.439 e. The summed E-state index contributed by atoms with van der Waals surface area (Å²) in [6, 6.07) is 6.26. The van der Waals surface area contributed by atoms with Gasteiger partial charge in [-0.25, -0.2) is 4.98 Å². The van der Waals surface area contributed by atoms with Gasteiger partial charge in [0.15, 0.2) is 5.58 Å². The van der Waals surface area contributed by atoms with E-state index >= 15 is 0 Å². The molecule has 108 valence electrons. The summed E-state index contributed by atoms with van der Waals surface area (Å²) in [5.41, 5.74) is 8.16. The van der Waals surface area contributed by atoms with Crippen LogP contribution in [0.3, 0.4) is 0 Å². The van der Waals surface area contributed by atoms with Crippen LogP contribution >= 0.6 is 0 Å². The summed E-state index contributed by atoms with van der Waals surface area (Å²) in [7, 11) is 0. The van der Waals surface area contributed by atoms with Gasteiger partial charge in [0.25, 0.3) is 0 Å². The van der Waals surface area contributed by atoms with E-state index in [1.165, 1.54) is 0 Å². The Labute approximate surface area is 119 Å². The molecule has 1 aromatic carbocycles. The van der Waals surface area contributed by atoms with Gasteiger partial charge < -0.3 is 10.2 Å². The fourth-order valence-corrected chi connectivity index (χ4v) is 2.96. The lowest BCUT2D eigenvalue weighted by Gasteiger charge is -2.38. The predicted molar refractivity (Wildman–Crippen MR) is 80.4 cm³/mol. The second kappa shape index (κ2) is 5.42. The van der Waals surface area contributed by atoms with Crippen LogP contribution in [-0.2, 0) is 6.54 Å². The molecule has 1 unspecified atom stereocenters. The van der Waals surface area contributed by atoms with Gasteiger partial charge in [-0.2, -0.15) is 0 Å². The van der Waals surface area contributed by atoms with Gasteiger partial charge in [-0.05, 0) is 25.6 Å². The van der Waals surface area contributed by atoms with Gasteiger partial charge in [0.1, 0.15) is 5.52 Å². The average molecular weight is 274 g/mol. The van der Waals surface area contributed by atoms with Crippen molar-refractivity contribution in [2.24, 2.45) is 0 Å². The second-order valence-electron chi connectivity index (χ2n) is 5.51. The van der Waals surface area contributed by atoms with Crippen molar-refractivity contribution in [1.29, 1.82) is 0 Å². The van der Waals surface area contributed by atoms with Crippen LogP contribution in [-0.4, -0.2) is 47.0 Å². The van der Waals surface area contributed by atoms with Crippen molar-refractivity contribution in [3.8, 4) is 0 Å². The Morgan fingerprint density at radius 1 is 1.40 bits per heavy atom. The minimum atomic E-state index is 0.586. The molecule has 0 aliphatic carbocycles. The molecule has 1 aliphatic rings. The molecule has 20 heavy (non-hydrogen) atoms. The zero-order valence-electron chi connectivity index (χ0n) is 12.2. The summed E-state index contributed by atoms with van der Waals surface area (Å²) < 4.78 is 5.79. The highest BCUT2D eigenvalue weighted by molar-refractivity contribution is 5.85. The van der Waals surface area contributed by atoms with Crippen molar-refractivity contribution in [1.82, 2.24) is 14.8 Å². The fourth-order valence-electron chi connectivity index (χ4n) is 2.96. The quantitative estimate of drug-likeness (QED) is 0.867. The zero-order chi connectivity index (χ0) is 14.1. The number of aromatic nitrogens is 1. The molecule has 1 fully saturated rings. The van der Waals surface area contributed by atoms with Crippen LogP contribution in [0.1, 0.15) is 19.7 Å². The Balaban J connectivity index is 1.72. The van der Waals surface area contributed by atoms with Gasteiger partial charge in [-0.15, -0.1) is 0 Å². The van der Waals surface area contributed by atoms with Gasteiger partial charge in [-0.1, -0.05) is 13.0 Å². The summed E-state index contributed by atoms with van der Waals surface area (Å²) in [6.45, 7) is 9.61. The maximum Gasteiger partial charge on any atom is 0.209 e. The van der Waals surface area contributed by atoms with Crippen LogP contribution in [0, 0.1) is 0 Å². The van der Waals surface area contributed by atoms with Crippen LogP contribution in [0.25, 0.3) is 11.1 Å². The first-order valence-electron chi connectivity index (χ1n) is 7.27. The monoisotopic (exact) mass is 274 g/mol. The zero-order valence-corrected chi connectivity index (χ0v) is 12.2. The third-order valence-electron chi connectivity index (χ3n) is 4.11. The highest BCUT2D eigenvalue weighted by atomic mass is 16.3. The molecule has 2 aromatic rings. The number of hydrogen-bond acceptors (Lipinski definition) is 5. The molecular weight excluding hydrogens is 252 g/mol. The molecule has 1 atom stereocenters. The first-order valence-corrected chi connectivity index (χ1v) is 7.27. The molecule has 1 aliphatic heterocycles. The SMILES string of the molecule is CCN1CCN(Cc2nc3c(N)cccc3o2)CC1C. The van der Waals surface area contributed by atoms with Gasteiger partial charge in [0.2, 0.25) is 5.89 Å². The number of oxazole rings is 1. The standard InChI is InChI=1S/C15H22N4O/c1-3-19-8-7-18(9-11(19)2)10-14-17-15-12(16)5-4-6-13(15)20-14/h4-6,11H,3,7-10,16H2,1-2H3. The summed E-state index contributed by atoms with van der Waals surface area (Å²) in [5, 5.41) is 0. The molecule has 5 heteroatoms. The number of piperazine rings is 1. The van der Waals surface area contributed by atoms with Gasteiger partial charge in [-0.3, -0.25) is 9.80 Å². The maximum absolute atomic E-state index is 5.92. The van der Waals surface area contributed by atoms with E-state index in [0.717, 1.165) is 49.7 Å². The van der Waals surface area contributed by atoms with E-state index in [2.05, 4.69) is 28.6 Å². The Kier molecular flexibility index (Phi) is 3.63. The van der Waals surface area contributed by atoms with Crippen molar-refractivity contribution in [2.45, 2.75) is 26.4 Å². The van der Waals surface area contributed by atoms with Gasteiger partial charge in [0, 0.05) is 25.7 Å². The summed E-state index contributed by atoms with van der Waals surface area (Å²) in [6.07, 6.45) is 0. The lowest BCUT2D eigenvalue weighted by molar-refractivity contribution is 0.0782. The van der Waals surface area contributed by atoms with E-state index in [4.69, 9.17) is 10.2 Å². The van der Waals surface area contributed by atoms with Crippen molar-refractivity contribution in [3.05, 3.63) is 24.1 Å². The number of para-hydroxylation sites is 1. The maximum atomic E-state index is 5.92. The minimum Gasteiger partial charge on any atom is -0.439 e. The van der Waals surface area contributed by atoms with E-state index in [0.29, 0.717) is 11.7 Å². The van der Waals surface area contributed by atoms with E-state index in [1.807, 2.05) is 18.2 Å². The smallest absolute Gasteiger partial charge is 0.209 e. The first kappa shape index (κ1) is 13.4. The van der Waals surface area contributed by atoms with Gasteiger partial charge >= 0.3 is 0 Å². The number of nitrogens with zero attached hydrogens (tertiary/aromatic N) is 3. The molecule has 1 saturated heterocycles. The number of likely N-dealkylation sites (N-methyl/N-ethyl adjacent to an activating group) is 1. The Morgan fingerprint density at radius 2 is 2.25 bits per heavy atom. The summed E-state index contributed by atoms with van der Waals surface area (Å²) in [5.74, 6) is 0.759. The molecule has 5 nitrogen and oxygen atoms in total. The van der Waals surface area contributed by atoms with Crippen LogP contribution in [0.4, 0.5) is 5.69 Å². The van der Waals surface area contributed by atoms with E-state index in [-0.39, 0.29) is 0 Å². The number of fused-ring (bicyclic) bond motifs is 1. The van der Waals surface area contributed by atoms with E-state index < -0.39 is 0 Å². The Bertz CT molecular complexity index is 595. The van der Waals surface area contributed by atoms with E-state index in [1.54, 1.807) is 0 Å². The lowest BCUT2D eigenvalue weighted by atomic mass is 10.2. The average Bonchev–Trinajstić information content (AvgIpc) is 2.83. The molecule has 1 aromatic heterocycles. The number of anilines is 1. The third kappa shape index (κ3) is 2.51. The van der Waals surface area contributed by atoms with Crippen molar-refractivity contribution in [3.63, 3.8) is 0 Å². The van der Waals surface area contributed by atoms with Crippen LogP contribution in [0.5, 0.6) is 0 Å². The van der Waals surface area contributed by atoms with Crippen molar-refractivity contribution >= 4 is 16.8 Å². The number of nitrogen functional groups attached to an aromatic ring is 1. The molecule has 2 N–H and O–H groups in total. The Morgan fingerprint density at radius 3 is 2.95 bits per heavy atom. The minimum absolute atomic E-state index is 0.586. The van der Waals surface area contributed by atoms with Gasteiger partial charge in [0.05, 0.1) is 12.2 Å². The number of benzene rings is 1. The number of rotatable bonds is 3. The van der Waals surface area contributed by atoms with Crippen molar-refractivity contribution < 1.29 is 4.42 Å². The summed E-state index contributed by atoms with van der Waals surface area (Å²) >= 11 is 0. The molecule has 0 radical (unpaired) electrons. The summed E-state index contributed by atoms with van der Waals surface area (Å²) in [4.78, 5) is 9.42. The molecule has 0 spiro atoms. The Hall–Kier alpha value is -1.59. The number of nitrogens with two attached hydrogens (primary N) is 1. The van der Waals surface area contributed by atoms with Crippen LogP contribution < -0.4 is 5.73 Å². The fraction of sp³-hybridized carbons (Fsp3) is 0.533. The topological polar surface area (TPSA) is 58.5 Å². The molecule has 2 heterocycles. The predicted octanol–water partition coefficient (Wildman–Crippen LogP) is 1.94. The molecule has 3 rings (SSSR count). The van der Waals surface area contributed by atoms with Crippen molar-refractivity contribution in [2.75, 3.05) is 31.9 Å². The highest BCUT2D eigenvalue weighted by Crippen LogP contribution is 2.22. The number of hydrogen-bond donors (Lipinski definition) is 1. The molecule has 0 saturated carbocycles. The molecule has 0 amide bonds. The van der Waals surface area contributed by atoms with Crippen LogP contribution in [0.15, 0.2) is 22.6 Å².